The summed E-state index contributed by atoms with van der Waals surface area (Å²) in [6, 6.07) is 2.02. The van der Waals surface area contributed by atoms with Gasteiger partial charge in [-0.25, -0.2) is 4.79 Å². The molecule has 0 aliphatic carbocycles. The topological polar surface area (TPSA) is 36.0 Å². The summed E-state index contributed by atoms with van der Waals surface area (Å²) in [4.78, 5) is 18.9. The number of thiophene rings is 1. The molecule has 1 aromatic heterocycles. The molecule has 1 aromatic carbocycles. The molecule has 2 aliphatic rings. The van der Waals surface area contributed by atoms with Gasteiger partial charge in [0.1, 0.15) is 0 Å². The lowest BCUT2D eigenvalue weighted by atomic mass is 9.97. The molecular weight excluding hydrogens is 370 g/mol. The maximum atomic E-state index is 12.7. The first-order chi connectivity index (χ1) is 12.5. The number of piperazine rings is 1. The van der Waals surface area contributed by atoms with Gasteiger partial charge < -0.3 is 19.4 Å². The first-order valence-electron chi connectivity index (χ1n) is 8.96. The van der Waals surface area contributed by atoms with Gasteiger partial charge in [0.05, 0.1) is 4.70 Å². The van der Waals surface area contributed by atoms with E-state index in [4.69, 9.17) is 16.3 Å². The Bertz CT molecular complexity index is 845. The SMILES string of the molecule is Cc1csc2c(OC(=O)N3CCN(C)CC3)cc3c(c12)[C@@H](CCl)CN3C. The summed E-state index contributed by atoms with van der Waals surface area (Å²) in [5, 5.41) is 3.35. The number of benzene rings is 1. The second-order valence-electron chi connectivity index (χ2n) is 7.32. The number of rotatable bonds is 2. The van der Waals surface area contributed by atoms with E-state index in [0.717, 1.165) is 30.0 Å². The van der Waals surface area contributed by atoms with E-state index in [0.29, 0.717) is 30.6 Å². The molecule has 1 amide bonds. The minimum Gasteiger partial charge on any atom is -0.409 e. The highest BCUT2D eigenvalue weighted by molar-refractivity contribution is 7.17. The summed E-state index contributed by atoms with van der Waals surface area (Å²) < 4.78 is 6.93. The van der Waals surface area contributed by atoms with Crippen LogP contribution in [-0.4, -0.2) is 68.6 Å². The number of amides is 1. The normalized spacial score (nSPS) is 20.7. The van der Waals surface area contributed by atoms with Crippen LogP contribution in [0.25, 0.3) is 10.1 Å². The molecule has 2 aliphatic heterocycles. The summed E-state index contributed by atoms with van der Waals surface area (Å²) >= 11 is 7.88. The van der Waals surface area contributed by atoms with Crippen LogP contribution in [0.5, 0.6) is 5.75 Å². The molecule has 5 nitrogen and oxygen atoms in total. The molecule has 0 bridgehead atoms. The lowest BCUT2D eigenvalue weighted by Crippen LogP contribution is -2.48. The Morgan fingerprint density at radius 3 is 2.73 bits per heavy atom. The van der Waals surface area contributed by atoms with Crippen molar-refractivity contribution in [1.29, 1.82) is 0 Å². The molecule has 1 fully saturated rings. The van der Waals surface area contributed by atoms with E-state index < -0.39 is 0 Å². The van der Waals surface area contributed by atoms with E-state index in [1.165, 1.54) is 16.5 Å². The molecule has 0 radical (unpaired) electrons. The largest absolute Gasteiger partial charge is 0.415 e. The van der Waals surface area contributed by atoms with Crippen molar-refractivity contribution < 1.29 is 9.53 Å². The predicted molar refractivity (Wildman–Crippen MR) is 108 cm³/mol. The fourth-order valence-electron chi connectivity index (χ4n) is 3.95. The fraction of sp³-hybridized carbons (Fsp3) is 0.526. The van der Waals surface area contributed by atoms with E-state index in [1.807, 2.05) is 6.07 Å². The van der Waals surface area contributed by atoms with E-state index in [9.17, 15) is 4.79 Å². The third-order valence-electron chi connectivity index (χ3n) is 5.47. The van der Waals surface area contributed by atoms with Crippen LogP contribution in [0.4, 0.5) is 10.5 Å². The van der Waals surface area contributed by atoms with Gasteiger partial charge in [-0.05, 0) is 30.5 Å². The first-order valence-corrected chi connectivity index (χ1v) is 10.4. The Labute approximate surface area is 163 Å². The van der Waals surface area contributed by atoms with Crippen LogP contribution in [0.3, 0.4) is 0 Å². The predicted octanol–water partition coefficient (Wildman–Crippen LogP) is 3.73. The number of alkyl halides is 1. The van der Waals surface area contributed by atoms with Gasteiger partial charge in [-0.1, -0.05) is 0 Å². The minimum absolute atomic E-state index is 0.250. The Morgan fingerprint density at radius 1 is 1.31 bits per heavy atom. The van der Waals surface area contributed by atoms with Crippen molar-refractivity contribution in [2.24, 2.45) is 0 Å². The number of aryl methyl sites for hydroxylation is 1. The van der Waals surface area contributed by atoms with Crippen LogP contribution in [0, 0.1) is 6.92 Å². The number of halogens is 1. The number of hydrogen-bond acceptors (Lipinski definition) is 5. The van der Waals surface area contributed by atoms with Crippen LogP contribution >= 0.6 is 22.9 Å². The van der Waals surface area contributed by atoms with Crippen molar-refractivity contribution >= 4 is 44.8 Å². The lowest BCUT2D eigenvalue weighted by molar-refractivity contribution is 0.121. The van der Waals surface area contributed by atoms with E-state index in [1.54, 1.807) is 16.2 Å². The first kappa shape index (κ1) is 17.9. The van der Waals surface area contributed by atoms with Crippen molar-refractivity contribution in [2.75, 3.05) is 57.6 Å². The molecule has 1 saturated heterocycles. The molecule has 0 spiro atoms. The average molecular weight is 394 g/mol. The maximum Gasteiger partial charge on any atom is 0.415 e. The molecule has 1 atom stereocenters. The van der Waals surface area contributed by atoms with Crippen LogP contribution in [0.15, 0.2) is 11.4 Å². The highest BCUT2D eigenvalue weighted by Crippen LogP contribution is 2.48. The summed E-state index contributed by atoms with van der Waals surface area (Å²) in [5.74, 6) is 1.58. The number of ether oxygens (including phenoxy) is 1. The molecule has 2 aromatic rings. The molecule has 3 heterocycles. The number of anilines is 1. The van der Waals surface area contributed by atoms with Crippen molar-refractivity contribution in [2.45, 2.75) is 12.8 Å². The number of nitrogens with zero attached hydrogens (tertiary/aromatic N) is 3. The van der Waals surface area contributed by atoms with Crippen molar-refractivity contribution in [3.05, 3.63) is 22.6 Å². The number of carbonyl (C=O) groups excluding carboxylic acids is 1. The molecule has 140 valence electrons. The Hall–Kier alpha value is -1.50. The molecule has 0 unspecified atom stereocenters. The standard InChI is InChI=1S/C19H24ClN3O2S/c1-12-11-26-18-15(25-19(24)23-6-4-21(2)5-7-23)8-14-17(16(12)18)13(9-20)10-22(14)3/h8,11,13H,4-7,9-10H2,1-3H3/t13-/m0/s1. The monoisotopic (exact) mass is 393 g/mol. The molecule has 4 rings (SSSR count). The van der Waals surface area contributed by atoms with Crippen LogP contribution < -0.4 is 9.64 Å². The molecule has 7 heteroatoms. The van der Waals surface area contributed by atoms with Crippen molar-refractivity contribution in [3.8, 4) is 5.75 Å². The maximum absolute atomic E-state index is 12.7. The van der Waals surface area contributed by atoms with Gasteiger partial charge in [0.25, 0.3) is 0 Å². The molecular formula is C19H24ClN3O2S. The smallest absolute Gasteiger partial charge is 0.409 e. The zero-order valence-corrected chi connectivity index (χ0v) is 17.0. The van der Waals surface area contributed by atoms with Gasteiger partial charge in [0.2, 0.25) is 0 Å². The van der Waals surface area contributed by atoms with Gasteiger partial charge in [-0.2, -0.15) is 0 Å². The Balaban J connectivity index is 1.71. The number of carbonyl (C=O) groups is 1. The minimum atomic E-state index is -0.250. The van der Waals surface area contributed by atoms with Gasteiger partial charge in [-0.15, -0.1) is 22.9 Å². The second kappa shape index (κ2) is 6.91. The van der Waals surface area contributed by atoms with Gasteiger partial charge in [-0.3, -0.25) is 0 Å². The van der Waals surface area contributed by atoms with Gasteiger partial charge >= 0.3 is 6.09 Å². The summed E-state index contributed by atoms with van der Waals surface area (Å²) in [5.41, 5.74) is 3.66. The van der Waals surface area contributed by atoms with Crippen LogP contribution in [-0.2, 0) is 0 Å². The van der Waals surface area contributed by atoms with E-state index >= 15 is 0 Å². The van der Waals surface area contributed by atoms with Crippen molar-refractivity contribution in [1.82, 2.24) is 9.80 Å². The summed E-state index contributed by atoms with van der Waals surface area (Å²) in [6.45, 7) is 6.20. The van der Waals surface area contributed by atoms with Crippen molar-refractivity contribution in [3.63, 3.8) is 0 Å². The zero-order chi connectivity index (χ0) is 18.4. The van der Waals surface area contributed by atoms with Crippen LogP contribution in [0.1, 0.15) is 17.0 Å². The number of hydrogen-bond donors (Lipinski definition) is 0. The third-order valence-corrected chi connectivity index (χ3v) is 6.96. The lowest BCUT2D eigenvalue weighted by Gasteiger charge is -2.31. The molecule has 0 saturated carbocycles. The zero-order valence-electron chi connectivity index (χ0n) is 15.4. The highest BCUT2D eigenvalue weighted by atomic mass is 35.5. The second-order valence-corrected chi connectivity index (χ2v) is 8.51. The van der Waals surface area contributed by atoms with Gasteiger partial charge in [0.15, 0.2) is 5.75 Å². The highest BCUT2D eigenvalue weighted by Gasteiger charge is 2.31. The molecule has 26 heavy (non-hydrogen) atoms. The number of fused-ring (bicyclic) bond motifs is 3. The van der Waals surface area contributed by atoms with Crippen LogP contribution in [0.2, 0.25) is 0 Å². The quantitative estimate of drug-likeness (QED) is 0.728. The Kier molecular flexibility index (Phi) is 4.75. The van der Waals surface area contributed by atoms with E-state index in [-0.39, 0.29) is 6.09 Å². The fourth-order valence-corrected chi connectivity index (χ4v) is 5.22. The number of likely N-dealkylation sites (N-methyl/N-ethyl adjacent to an activating group) is 2. The summed E-state index contributed by atoms with van der Waals surface area (Å²) in [6.07, 6.45) is -0.250. The third kappa shape index (κ3) is 2.94. The average Bonchev–Trinajstić information content (AvgIpc) is 3.16. The summed E-state index contributed by atoms with van der Waals surface area (Å²) in [7, 11) is 4.15. The van der Waals surface area contributed by atoms with E-state index in [2.05, 4.69) is 36.2 Å². The molecule has 0 N–H and O–H groups in total. The Morgan fingerprint density at radius 2 is 2.04 bits per heavy atom. The van der Waals surface area contributed by atoms with Gasteiger partial charge in [0, 0.05) is 68.7 Å².